The van der Waals surface area contributed by atoms with Gasteiger partial charge in [0.15, 0.2) is 8.32 Å². The van der Waals surface area contributed by atoms with Gasteiger partial charge in [-0.1, -0.05) is 27.2 Å². The summed E-state index contributed by atoms with van der Waals surface area (Å²) in [6, 6.07) is 0. The van der Waals surface area contributed by atoms with E-state index in [-0.39, 0.29) is 17.1 Å². The van der Waals surface area contributed by atoms with Crippen molar-refractivity contribution in [3.63, 3.8) is 0 Å². The minimum Gasteiger partial charge on any atom is -0.463 e. The molecule has 0 N–H and O–H groups in total. The summed E-state index contributed by atoms with van der Waals surface area (Å²) in [7, 11) is -1.79. The van der Waals surface area contributed by atoms with Crippen LogP contribution in [-0.4, -0.2) is 45.0 Å². The molecule has 0 spiro atoms. The number of fused-ring (bicyclic) bond motifs is 1. The zero-order valence-electron chi connectivity index (χ0n) is 16.4. The molecule has 0 aliphatic carbocycles. The Morgan fingerprint density at radius 3 is 2.58 bits per heavy atom. The first-order valence-corrected chi connectivity index (χ1v) is 12.4. The monoisotopic (exact) mass is 353 g/mol. The number of carbonyl (C=O) groups excluding carboxylic acids is 1. The second kappa shape index (κ2) is 7.61. The molecule has 0 bridgehead atoms. The Hall–Kier alpha value is -0.813. The molecule has 1 saturated heterocycles. The Balaban J connectivity index is 2.21. The van der Waals surface area contributed by atoms with Crippen molar-refractivity contribution in [2.45, 2.75) is 84.0 Å². The zero-order valence-corrected chi connectivity index (χ0v) is 17.4. The van der Waals surface area contributed by atoms with Crippen LogP contribution in [0.5, 0.6) is 0 Å². The number of carbonyl (C=O) groups is 1. The lowest BCUT2D eigenvalue weighted by molar-refractivity contribution is -0.138. The number of esters is 1. The van der Waals surface area contributed by atoms with Gasteiger partial charge in [-0.15, -0.1) is 0 Å². The van der Waals surface area contributed by atoms with Gasteiger partial charge in [0.1, 0.15) is 0 Å². The van der Waals surface area contributed by atoms with Crippen LogP contribution in [0.3, 0.4) is 0 Å². The summed E-state index contributed by atoms with van der Waals surface area (Å²) >= 11 is 0. The van der Waals surface area contributed by atoms with Crippen LogP contribution in [-0.2, 0) is 14.0 Å². The fourth-order valence-corrected chi connectivity index (χ4v) is 4.69. The lowest BCUT2D eigenvalue weighted by Gasteiger charge is -2.38. The van der Waals surface area contributed by atoms with E-state index in [4.69, 9.17) is 9.16 Å². The normalized spacial score (nSPS) is 25.9. The van der Waals surface area contributed by atoms with Crippen molar-refractivity contribution >= 4 is 14.3 Å². The number of hydrogen-bond donors (Lipinski definition) is 0. The number of nitrogens with zero attached hydrogens (tertiary/aromatic N) is 1. The molecule has 0 unspecified atom stereocenters. The quantitative estimate of drug-likeness (QED) is 0.552. The molecule has 0 amide bonds. The van der Waals surface area contributed by atoms with E-state index < -0.39 is 8.32 Å². The predicted octanol–water partition coefficient (Wildman–Crippen LogP) is 4.47. The molecule has 0 aromatic rings. The smallest absolute Gasteiger partial charge is 0.335 e. The van der Waals surface area contributed by atoms with E-state index in [0.29, 0.717) is 6.61 Å². The van der Waals surface area contributed by atoms with Crippen LogP contribution in [0.4, 0.5) is 0 Å². The Morgan fingerprint density at radius 1 is 1.25 bits per heavy atom. The molecule has 2 rings (SSSR count). The van der Waals surface area contributed by atoms with Gasteiger partial charge in [-0.3, -0.25) is 0 Å². The second-order valence-electron chi connectivity index (χ2n) is 8.61. The lowest BCUT2D eigenvalue weighted by atomic mass is 10.0. The van der Waals surface area contributed by atoms with Gasteiger partial charge in [0.25, 0.3) is 0 Å². The molecule has 138 valence electrons. The molecule has 0 saturated carbocycles. The molecule has 24 heavy (non-hydrogen) atoms. The van der Waals surface area contributed by atoms with Gasteiger partial charge in [-0.05, 0) is 44.3 Å². The van der Waals surface area contributed by atoms with E-state index in [1.165, 1.54) is 18.5 Å². The molecular weight excluding hydrogens is 318 g/mol. The van der Waals surface area contributed by atoms with E-state index in [2.05, 4.69) is 38.8 Å². The van der Waals surface area contributed by atoms with Crippen molar-refractivity contribution in [2.24, 2.45) is 0 Å². The van der Waals surface area contributed by atoms with E-state index in [1.54, 1.807) is 0 Å². The third-order valence-electron chi connectivity index (χ3n) is 5.72. The van der Waals surface area contributed by atoms with Gasteiger partial charge in [0.05, 0.1) is 18.3 Å². The molecular formula is C19H35NO3Si. The molecule has 0 aromatic heterocycles. The average molecular weight is 354 g/mol. The van der Waals surface area contributed by atoms with Crippen LogP contribution >= 0.6 is 0 Å². The first-order chi connectivity index (χ1) is 11.2. The van der Waals surface area contributed by atoms with E-state index >= 15 is 0 Å². The topological polar surface area (TPSA) is 38.8 Å². The van der Waals surface area contributed by atoms with Crippen molar-refractivity contribution in [3.05, 3.63) is 11.3 Å². The van der Waals surface area contributed by atoms with Crippen molar-refractivity contribution < 1.29 is 14.0 Å². The summed E-state index contributed by atoms with van der Waals surface area (Å²) in [5, 5.41) is 0.211. The zero-order chi connectivity index (χ0) is 18.0. The summed E-state index contributed by atoms with van der Waals surface area (Å²) < 4.78 is 12.0. The van der Waals surface area contributed by atoms with Crippen LogP contribution in [0.2, 0.25) is 18.1 Å². The summed E-state index contributed by atoms with van der Waals surface area (Å²) in [5.74, 6) is -0.118. The van der Waals surface area contributed by atoms with Gasteiger partial charge in [-0.2, -0.15) is 0 Å². The fourth-order valence-electron chi connectivity index (χ4n) is 3.34. The summed E-state index contributed by atoms with van der Waals surface area (Å²) in [4.78, 5) is 14.8. The molecule has 1 fully saturated rings. The third-order valence-corrected chi connectivity index (χ3v) is 10.3. The van der Waals surface area contributed by atoms with Crippen LogP contribution in [0.15, 0.2) is 11.3 Å². The fraction of sp³-hybridized carbons (Fsp3) is 0.842. The van der Waals surface area contributed by atoms with Crippen molar-refractivity contribution in [1.29, 1.82) is 0 Å². The minimum atomic E-state index is -1.79. The first-order valence-electron chi connectivity index (χ1n) is 9.47. The van der Waals surface area contributed by atoms with Crippen LogP contribution in [0, 0.1) is 0 Å². The number of hydrogen-bond acceptors (Lipinski definition) is 4. The lowest BCUT2D eigenvalue weighted by Crippen LogP contribution is -2.44. The maximum Gasteiger partial charge on any atom is 0.335 e. The third kappa shape index (κ3) is 4.42. The van der Waals surface area contributed by atoms with Gasteiger partial charge in [0, 0.05) is 25.2 Å². The Bertz CT molecular complexity index is 493. The maximum absolute atomic E-state index is 12.4. The van der Waals surface area contributed by atoms with Gasteiger partial charge >= 0.3 is 5.97 Å². The molecule has 2 heterocycles. The summed E-state index contributed by atoms with van der Waals surface area (Å²) in [6.07, 6.45) is 5.38. The van der Waals surface area contributed by atoms with Gasteiger partial charge in [-0.25, -0.2) is 4.79 Å². The summed E-state index contributed by atoms with van der Waals surface area (Å²) in [5.41, 5.74) is 2.09. The standard InChI is InChI=1S/C19H35NO3Si/c1-7-22-18(21)16-11-9-8-10-12-20-14-15(13-17(16)20)23-24(5,6)19(2,3)4/h15H,7-14H2,1-6H3/b17-16+/t15-/m0/s1. The number of rotatable bonds is 4. The highest BCUT2D eigenvalue weighted by molar-refractivity contribution is 6.74. The van der Waals surface area contributed by atoms with Gasteiger partial charge in [0.2, 0.25) is 0 Å². The first kappa shape index (κ1) is 19.5. The van der Waals surface area contributed by atoms with Crippen molar-refractivity contribution in [2.75, 3.05) is 19.7 Å². The molecule has 2 aliphatic rings. The molecule has 2 aliphatic heterocycles. The van der Waals surface area contributed by atoms with Crippen LogP contribution in [0.25, 0.3) is 0 Å². The maximum atomic E-state index is 12.4. The largest absolute Gasteiger partial charge is 0.463 e. The van der Waals surface area contributed by atoms with E-state index in [1.807, 2.05) is 6.92 Å². The Morgan fingerprint density at radius 2 is 1.96 bits per heavy atom. The highest BCUT2D eigenvalue weighted by atomic mass is 28.4. The molecule has 0 radical (unpaired) electrons. The molecule has 0 aromatic carbocycles. The molecule has 1 atom stereocenters. The van der Waals surface area contributed by atoms with Gasteiger partial charge < -0.3 is 14.1 Å². The van der Waals surface area contributed by atoms with E-state index in [0.717, 1.165) is 37.9 Å². The Labute approximate surface area is 148 Å². The predicted molar refractivity (Wildman–Crippen MR) is 100 cm³/mol. The summed E-state index contributed by atoms with van der Waals surface area (Å²) in [6.45, 7) is 15.7. The highest BCUT2D eigenvalue weighted by Gasteiger charge is 2.42. The molecule has 4 nitrogen and oxygen atoms in total. The molecule has 5 heteroatoms. The van der Waals surface area contributed by atoms with E-state index in [9.17, 15) is 4.79 Å². The minimum absolute atomic E-state index is 0.118. The average Bonchev–Trinajstić information content (AvgIpc) is 2.79. The SMILES string of the molecule is CCOC(=O)/C1=C2\C[C@H](O[Si](C)(C)C(C)(C)C)CN2CCCCC1. The van der Waals surface area contributed by atoms with Crippen molar-refractivity contribution in [3.8, 4) is 0 Å². The van der Waals surface area contributed by atoms with Crippen molar-refractivity contribution in [1.82, 2.24) is 4.90 Å². The van der Waals surface area contributed by atoms with Crippen LogP contribution < -0.4 is 0 Å². The number of ether oxygens (including phenoxy) is 1. The van der Waals surface area contributed by atoms with Crippen LogP contribution in [0.1, 0.15) is 59.8 Å². The highest BCUT2D eigenvalue weighted by Crippen LogP contribution is 2.40. The second-order valence-corrected chi connectivity index (χ2v) is 13.4. The Kier molecular flexibility index (Phi) is 6.18.